The van der Waals surface area contributed by atoms with Gasteiger partial charge in [-0.15, -0.1) is 24.0 Å². The van der Waals surface area contributed by atoms with Crippen molar-refractivity contribution in [1.82, 2.24) is 5.32 Å². The number of halogens is 1. The summed E-state index contributed by atoms with van der Waals surface area (Å²) in [6.07, 6.45) is 9.26. The third-order valence-electron chi connectivity index (χ3n) is 2.40. The Labute approximate surface area is 118 Å². The SMILES string of the molecule is CCCCCCCCCN=C(N)NCC.I. The molecule has 98 valence electrons. The maximum absolute atomic E-state index is 5.60. The molecule has 0 radical (unpaired) electrons. The lowest BCUT2D eigenvalue weighted by Gasteiger charge is -2.02. The molecule has 0 amide bonds. The summed E-state index contributed by atoms with van der Waals surface area (Å²) in [6.45, 7) is 5.99. The molecule has 0 fully saturated rings. The van der Waals surface area contributed by atoms with E-state index in [-0.39, 0.29) is 24.0 Å². The fourth-order valence-electron chi connectivity index (χ4n) is 1.51. The van der Waals surface area contributed by atoms with Gasteiger partial charge in [0.05, 0.1) is 0 Å². The number of nitrogens with one attached hydrogen (secondary N) is 1. The highest BCUT2D eigenvalue weighted by Gasteiger charge is 1.91. The quantitative estimate of drug-likeness (QED) is 0.293. The molecule has 0 aliphatic carbocycles. The van der Waals surface area contributed by atoms with E-state index in [1.807, 2.05) is 6.92 Å². The lowest BCUT2D eigenvalue weighted by Crippen LogP contribution is -2.31. The molecule has 3 N–H and O–H groups in total. The van der Waals surface area contributed by atoms with Crippen LogP contribution in [0.25, 0.3) is 0 Å². The number of nitrogens with two attached hydrogens (primary N) is 1. The van der Waals surface area contributed by atoms with Crippen molar-refractivity contribution in [3.63, 3.8) is 0 Å². The van der Waals surface area contributed by atoms with E-state index in [1.165, 1.54) is 38.5 Å². The summed E-state index contributed by atoms with van der Waals surface area (Å²) in [5.74, 6) is 0.587. The first kappa shape index (κ1) is 18.4. The molecule has 0 saturated carbocycles. The minimum absolute atomic E-state index is 0. The summed E-state index contributed by atoms with van der Waals surface area (Å²) in [5.41, 5.74) is 5.60. The van der Waals surface area contributed by atoms with Crippen LogP contribution >= 0.6 is 24.0 Å². The van der Waals surface area contributed by atoms with Crippen LogP contribution in [-0.2, 0) is 0 Å². The Kier molecular flexibility index (Phi) is 17.2. The summed E-state index contributed by atoms with van der Waals surface area (Å²) in [6, 6.07) is 0. The first-order valence-corrected chi connectivity index (χ1v) is 6.35. The van der Waals surface area contributed by atoms with Crippen LogP contribution in [0.3, 0.4) is 0 Å². The van der Waals surface area contributed by atoms with Crippen molar-refractivity contribution in [2.75, 3.05) is 13.1 Å². The van der Waals surface area contributed by atoms with E-state index in [2.05, 4.69) is 17.2 Å². The van der Waals surface area contributed by atoms with Crippen LogP contribution in [0, 0.1) is 0 Å². The average molecular weight is 341 g/mol. The van der Waals surface area contributed by atoms with Crippen molar-refractivity contribution in [3.8, 4) is 0 Å². The summed E-state index contributed by atoms with van der Waals surface area (Å²) < 4.78 is 0. The van der Waals surface area contributed by atoms with Gasteiger partial charge in [-0.2, -0.15) is 0 Å². The van der Waals surface area contributed by atoms with Gasteiger partial charge in [0.1, 0.15) is 0 Å². The minimum Gasteiger partial charge on any atom is -0.370 e. The topological polar surface area (TPSA) is 50.4 Å². The standard InChI is InChI=1S/C12H27N3.HI/c1-3-5-6-7-8-9-10-11-15-12(13)14-4-2;/h3-11H2,1-2H3,(H3,13,14,15);1H. The molecule has 0 rings (SSSR count). The molecule has 3 nitrogen and oxygen atoms in total. The van der Waals surface area contributed by atoms with E-state index in [0.29, 0.717) is 5.96 Å². The van der Waals surface area contributed by atoms with Crippen LogP contribution in [0.2, 0.25) is 0 Å². The lowest BCUT2D eigenvalue weighted by molar-refractivity contribution is 0.592. The summed E-state index contributed by atoms with van der Waals surface area (Å²) in [4.78, 5) is 4.23. The van der Waals surface area contributed by atoms with Crippen molar-refractivity contribution in [3.05, 3.63) is 0 Å². The highest BCUT2D eigenvalue weighted by Crippen LogP contribution is 2.06. The zero-order valence-corrected chi connectivity index (χ0v) is 13.1. The molecule has 0 aliphatic heterocycles. The molecule has 0 aliphatic rings. The Morgan fingerprint density at radius 2 is 1.56 bits per heavy atom. The molecule has 16 heavy (non-hydrogen) atoms. The molecule has 0 heterocycles. The monoisotopic (exact) mass is 341 g/mol. The Balaban J connectivity index is 0. The number of hydrogen-bond donors (Lipinski definition) is 2. The van der Waals surface area contributed by atoms with E-state index in [1.54, 1.807) is 0 Å². The Hall–Kier alpha value is 0. The second kappa shape index (κ2) is 15.0. The highest BCUT2D eigenvalue weighted by molar-refractivity contribution is 14.0. The van der Waals surface area contributed by atoms with Gasteiger partial charge >= 0.3 is 0 Å². The van der Waals surface area contributed by atoms with Gasteiger partial charge in [0.2, 0.25) is 0 Å². The Morgan fingerprint density at radius 3 is 2.12 bits per heavy atom. The number of unbranched alkanes of at least 4 members (excludes halogenated alkanes) is 6. The third kappa shape index (κ3) is 14.0. The maximum Gasteiger partial charge on any atom is 0.188 e. The summed E-state index contributed by atoms with van der Waals surface area (Å²) in [5, 5.41) is 2.99. The van der Waals surface area contributed by atoms with Crippen molar-refractivity contribution in [2.45, 2.75) is 58.8 Å². The van der Waals surface area contributed by atoms with Gasteiger partial charge in [0, 0.05) is 13.1 Å². The van der Waals surface area contributed by atoms with Gasteiger partial charge in [-0.3, -0.25) is 4.99 Å². The van der Waals surface area contributed by atoms with E-state index in [0.717, 1.165) is 19.5 Å². The smallest absolute Gasteiger partial charge is 0.188 e. The Bertz CT molecular complexity index is 160. The molecule has 4 heteroatoms. The largest absolute Gasteiger partial charge is 0.370 e. The van der Waals surface area contributed by atoms with Gasteiger partial charge in [-0.05, 0) is 13.3 Å². The number of aliphatic imine (C=N–C) groups is 1. The highest BCUT2D eigenvalue weighted by atomic mass is 127. The fraction of sp³-hybridized carbons (Fsp3) is 0.917. The second-order valence-corrected chi connectivity index (χ2v) is 3.92. The molecular formula is C12H28IN3. The van der Waals surface area contributed by atoms with Gasteiger partial charge < -0.3 is 11.1 Å². The zero-order chi connectivity index (χ0) is 11.4. The van der Waals surface area contributed by atoms with E-state index >= 15 is 0 Å². The van der Waals surface area contributed by atoms with Crippen LogP contribution in [0.15, 0.2) is 4.99 Å². The number of hydrogen-bond acceptors (Lipinski definition) is 1. The van der Waals surface area contributed by atoms with Crippen molar-refractivity contribution >= 4 is 29.9 Å². The van der Waals surface area contributed by atoms with Crippen LogP contribution in [0.5, 0.6) is 0 Å². The lowest BCUT2D eigenvalue weighted by atomic mass is 10.1. The molecule has 0 aromatic rings. The van der Waals surface area contributed by atoms with Crippen molar-refractivity contribution in [1.29, 1.82) is 0 Å². The van der Waals surface area contributed by atoms with Crippen LogP contribution < -0.4 is 11.1 Å². The molecule has 0 bridgehead atoms. The van der Waals surface area contributed by atoms with Gasteiger partial charge in [-0.25, -0.2) is 0 Å². The number of guanidine groups is 1. The molecule has 0 unspecified atom stereocenters. The predicted molar refractivity (Wildman–Crippen MR) is 83.6 cm³/mol. The fourth-order valence-corrected chi connectivity index (χ4v) is 1.51. The first-order chi connectivity index (χ1) is 7.31. The number of nitrogens with zero attached hydrogens (tertiary/aromatic N) is 1. The first-order valence-electron chi connectivity index (χ1n) is 6.35. The maximum atomic E-state index is 5.60. The van der Waals surface area contributed by atoms with Crippen LogP contribution in [0.1, 0.15) is 58.8 Å². The minimum atomic E-state index is 0. The normalized spacial score (nSPS) is 11.0. The van der Waals surface area contributed by atoms with Gasteiger partial charge in [0.25, 0.3) is 0 Å². The molecular weight excluding hydrogens is 313 g/mol. The molecule has 0 aromatic carbocycles. The van der Waals surface area contributed by atoms with Crippen molar-refractivity contribution in [2.24, 2.45) is 10.7 Å². The predicted octanol–water partition coefficient (Wildman–Crippen LogP) is 3.28. The average Bonchev–Trinajstić information content (AvgIpc) is 2.22. The van der Waals surface area contributed by atoms with E-state index in [9.17, 15) is 0 Å². The zero-order valence-electron chi connectivity index (χ0n) is 10.8. The van der Waals surface area contributed by atoms with E-state index < -0.39 is 0 Å². The van der Waals surface area contributed by atoms with Crippen molar-refractivity contribution < 1.29 is 0 Å². The number of rotatable bonds is 9. The molecule has 0 aromatic heterocycles. The van der Waals surface area contributed by atoms with Crippen LogP contribution in [0.4, 0.5) is 0 Å². The van der Waals surface area contributed by atoms with Crippen LogP contribution in [-0.4, -0.2) is 19.0 Å². The second-order valence-electron chi connectivity index (χ2n) is 3.92. The third-order valence-corrected chi connectivity index (χ3v) is 2.40. The van der Waals surface area contributed by atoms with Gasteiger partial charge in [-0.1, -0.05) is 45.4 Å². The molecule has 0 saturated heterocycles. The molecule has 0 atom stereocenters. The van der Waals surface area contributed by atoms with Gasteiger partial charge in [0.15, 0.2) is 5.96 Å². The Morgan fingerprint density at radius 1 is 1.00 bits per heavy atom. The summed E-state index contributed by atoms with van der Waals surface area (Å²) in [7, 11) is 0. The van der Waals surface area contributed by atoms with E-state index in [4.69, 9.17) is 5.73 Å². The molecule has 0 spiro atoms. The summed E-state index contributed by atoms with van der Waals surface area (Å²) >= 11 is 0.